The number of hydrogen-bond donors (Lipinski definition) is 1. The third-order valence-electron chi connectivity index (χ3n) is 2.98. The van der Waals surface area contributed by atoms with Crippen molar-refractivity contribution in [2.45, 2.75) is 20.3 Å². The summed E-state index contributed by atoms with van der Waals surface area (Å²) < 4.78 is 5.61. The molecule has 1 aromatic carbocycles. The van der Waals surface area contributed by atoms with Crippen LogP contribution in [0.5, 0.6) is 5.75 Å². The Hall–Kier alpha value is -2.33. The molecule has 0 bridgehead atoms. The van der Waals surface area contributed by atoms with Gasteiger partial charge >= 0.3 is 0 Å². The highest BCUT2D eigenvalue weighted by molar-refractivity contribution is 6.12. The van der Waals surface area contributed by atoms with Crippen molar-refractivity contribution in [2.75, 3.05) is 12.6 Å². The van der Waals surface area contributed by atoms with Gasteiger partial charge < -0.3 is 4.74 Å². The molecule has 0 spiro atoms. The minimum atomic E-state index is -0.114. The lowest BCUT2D eigenvalue weighted by Crippen LogP contribution is -1.99. The molecule has 0 aliphatic carbocycles. The molecule has 1 heterocycles. The molecule has 0 aromatic heterocycles. The number of fused-ring (bicyclic) bond motifs is 1. The molecule has 110 valence electrons. The first kappa shape index (κ1) is 15.1. The fraction of sp³-hybridized carbons (Fsp3) is 0.235. The summed E-state index contributed by atoms with van der Waals surface area (Å²) in [6.45, 7) is 4.01. The van der Waals surface area contributed by atoms with Gasteiger partial charge in [-0.3, -0.25) is 15.1 Å². The normalized spacial score (nSPS) is 16.4. The molecule has 0 saturated heterocycles. The Morgan fingerprint density at radius 3 is 2.95 bits per heavy atom. The lowest BCUT2D eigenvalue weighted by molar-refractivity contribution is 0.101. The summed E-state index contributed by atoms with van der Waals surface area (Å²) in [7, 11) is 1.52. The van der Waals surface area contributed by atoms with Crippen LogP contribution >= 0.6 is 0 Å². The van der Waals surface area contributed by atoms with Crippen LogP contribution in [0.25, 0.3) is 0 Å². The highest BCUT2D eigenvalue weighted by atomic mass is 16.6. The molecule has 0 fully saturated rings. The molecule has 1 aromatic rings. The number of ether oxygens (including phenoxy) is 1. The second kappa shape index (κ2) is 6.90. The largest absolute Gasteiger partial charge is 0.452 e. The Labute approximate surface area is 124 Å². The average molecular weight is 285 g/mol. The van der Waals surface area contributed by atoms with E-state index in [1.165, 1.54) is 7.11 Å². The molecule has 0 amide bonds. The van der Waals surface area contributed by atoms with Gasteiger partial charge in [-0.2, -0.15) is 0 Å². The van der Waals surface area contributed by atoms with Crippen molar-refractivity contribution in [2.24, 2.45) is 0 Å². The predicted octanol–water partition coefficient (Wildman–Crippen LogP) is 4.03. The summed E-state index contributed by atoms with van der Waals surface area (Å²) in [6, 6.07) is 5.27. The zero-order valence-electron chi connectivity index (χ0n) is 12.5. The van der Waals surface area contributed by atoms with E-state index in [2.05, 4.69) is 18.5 Å². The molecule has 4 nitrogen and oxygen atoms in total. The molecule has 1 N–H and O–H groups in total. The maximum absolute atomic E-state index is 12.3. The van der Waals surface area contributed by atoms with E-state index < -0.39 is 0 Å². The maximum atomic E-state index is 12.3. The highest BCUT2D eigenvalue weighted by Crippen LogP contribution is 2.33. The second-order valence-corrected chi connectivity index (χ2v) is 4.70. The van der Waals surface area contributed by atoms with Gasteiger partial charge in [0.05, 0.1) is 18.4 Å². The van der Waals surface area contributed by atoms with Gasteiger partial charge in [0.25, 0.3) is 0 Å². The van der Waals surface area contributed by atoms with Crippen LogP contribution in [0.2, 0.25) is 0 Å². The third-order valence-corrected chi connectivity index (χ3v) is 2.98. The van der Waals surface area contributed by atoms with E-state index in [-0.39, 0.29) is 5.78 Å². The topological polar surface area (TPSA) is 47.6 Å². The van der Waals surface area contributed by atoms with Crippen LogP contribution in [0.1, 0.15) is 30.6 Å². The number of rotatable bonds is 5. The first-order valence-corrected chi connectivity index (χ1v) is 6.86. The van der Waals surface area contributed by atoms with Crippen molar-refractivity contribution in [3.05, 3.63) is 59.4 Å². The van der Waals surface area contributed by atoms with Gasteiger partial charge in [-0.1, -0.05) is 25.2 Å². The molecule has 0 unspecified atom stereocenters. The Balaban J connectivity index is 2.21. The van der Waals surface area contributed by atoms with Gasteiger partial charge in [-0.05, 0) is 43.2 Å². The Bertz CT molecular complexity index is 627. The SMILES string of the molecule is CC\C=C/C=C(C)/C=C1\Oc2ccc(NOC)cc2C1=O. The molecule has 21 heavy (non-hydrogen) atoms. The van der Waals surface area contributed by atoms with E-state index in [9.17, 15) is 4.79 Å². The maximum Gasteiger partial charge on any atom is 0.232 e. The van der Waals surface area contributed by atoms with E-state index in [0.29, 0.717) is 22.8 Å². The number of benzene rings is 1. The Morgan fingerprint density at radius 2 is 2.24 bits per heavy atom. The number of hydrogen-bond acceptors (Lipinski definition) is 4. The minimum absolute atomic E-state index is 0.114. The van der Waals surface area contributed by atoms with E-state index in [0.717, 1.165) is 12.0 Å². The molecular weight excluding hydrogens is 266 g/mol. The summed E-state index contributed by atoms with van der Waals surface area (Å²) in [5, 5.41) is 0. The van der Waals surface area contributed by atoms with E-state index in [4.69, 9.17) is 9.57 Å². The van der Waals surface area contributed by atoms with Crippen LogP contribution in [-0.4, -0.2) is 12.9 Å². The number of nitrogens with one attached hydrogen (secondary N) is 1. The quantitative estimate of drug-likeness (QED) is 0.504. The molecule has 2 rings (SSSR count). The Morgan fingerprint density at radius 1 is 1.43 bits per heavy atom. The van der Waals surface area contributed by atoms with Crippen molar-refractivity contribution in [3.63, 3.8) is 0 Å². The molecule has 0 saturated carbocycles. The van der Waals surface area contributed by atoms with Gasteiger partial charge in [-0.25, -0.2) is 0 Å². The van der Waals surface area contributed by atoms with Crippen molar-refractivity contribution in [1.29, 1.82) is 0 Å². The fourth-order valence-electron chi connectivity index (χ4n) is 1.98. The number of allylic oxidation sites excluding steroid dienone is 6. The number of carbonyl (C=O) groups excluding carboxylic acids is 1. The monoisotopic (exact) mass is 285 g/mol. The van der Waals surface area contributed by atoms with Gasteiger partial charge in [0.15, 0.2) is 5.76 Å². The van der Waals surface area contributed by atoms with Crippen LogP contribution in [-0.2, 0) is 4.84 Å². The van der Waals surface area contributed by atoms with Crippen molar-refractivity contribution in [3.8, 4) is 5.75 Å². The van der Waals surface area contributed by atoms with Gasteiger partial charge in [-0.15, -0.1) is 0 Å². The first-order valence-electron chi connectivity index (χ1n) is 6.86. The molecule has 0 radical (unpaired) electrons. The third kappa shape index (κ3) is 3.61. The van der Waals surface area contributed by atoms with Gasteiger partial charge in [0, 0.05) is 0 Å². The summed E-state index contributed by atoms with van der Waals surface area (Å²) in [4.78, 5) is 17.1. The van der Waals surface area contributed by atoms with Crippen LogP contribution in [0.15, 0.2) is 53.8 Å². The van der Waals surface area contributed by atoms with Crippen molar-refractivity contribution in [1.82, 2.24) is 0 Å². The van der Waals surface area contributed by atoms with Gasteiger partial charge in [0.1, 0.15) is 5.75 Å². The lowest BCUT2D eigenvalue weighted by Gasteiger charge is -2.03. The molecule has 0 atom stereocenters. The van der Waals surface area contributed by atoms with Crippen LogP contribution in [0.4, 0.5) is 5.69 Å². The van der Waals surface area contributed by atoms with Crippen LogP contribution in [0, 0.1) is 0 Å². The highest BCUT2D eigenvalue weighted by Gasteiger charge is 2.27. The number of anilines is 1. The van der Waals surface area contributed by atoms with Crippen LogP contribution < -0.4 is 10.2 Å². The molecule has 1 aliphatic heterocycles. The summed E-state index contributed by atoms with van der Waals surface area (Å²) in [5.74, 6) is 0.806. The van der Waals surface area contributed by atoms with E-state index >= 15 is 0 Å². The predicted molar refractivity (Wildman–Crippen MR) is 83.3 cm³/mol. The van der Waals surface area contributed by atoms with E-state index in [1.54, 1.807) is 24.3 Å². The van der Waals surface area contributed by atoms with E-state index in [1.807, 2.05) is 19.1 Å². The molecular formula is C17H19NO3. The summed E-state index contributed by atoms with van der Waals surface area (Å²) in [6.07, 6.45) is 8.71. The smallest absolute Gasteiger partial charge is 0.232 e. The molecule has 1 aliphatic rings. The molecule has 4 heteroatoms. The van der Waals surface area contributed by atoms with Gasteiger partial charge in [0.2, 0.25) is 5.78 Å². The number of Topliss-reactive ketones (excluding diaryl/α,β-unsaturated/α-hetero) is 1. The first-order chi connectivity index (χ1) is 10.2. The van der Waals surface area contributed by atoms with Crippen molar-refractivity contribution < 1.29 is 14.4 Å². The van der Waals surface area contributed by atoms with Crippen LogP contribution in [0.3, 0.4) is 0 Å². The second-order valence-electron chi connectivity index (χ2n) is 4.70. The zero-order chi connectivity index (χ0) is 15.2. The lowest BCUT2D eigenvalue weighted by atomic mass is 10.1. The summed E-state index contributed by atoms with van der Waals surface area (Å²) in [5.41, 5.74) is 4.92. The Kier molecular flexibility index (Phi) is 4.95. The number of carbonyl (C=O) groups is 1. The fourth-order valence-corrected chi connectivity index (χ4v) is 1.98. The van der Waals surface area contributed by atoms with Crippen molar-refractivity contribution >= 4 is 11.5 Å². The zero-order valence-corrected chi connectivity index (χ0v) is 12.5. The number of ketones is 1. The summed E-state index contributed by atoms with van der Waals surface area (Å²) >= 11 is 0. The average Bonchev–Trinajstić information content (AvgIpc) is 2.76. The minimum Gasteiger partial charge on any atom is -0.452 e. The standard InChI is InChI=1S/C17H19NO3/c1-4-5-6-7-12(2)10-16-17(19)14-11-13(18-20-3)8-9-15(14)21-16/h5-11,18H,4H2,1-3H3/b6-5-,12-7+,16-10-.